The van der Waals surface area contributed by atoms with Crippen molar-refractivity contribution in [3.05, 3.63) is 12.2 Å². The first-order valence-corrected chi connectivity index (χ1v) is 29.9. The molecule has 392 valence electrons. The summed E-state index contributed by atoms with van der Waals surface area (Å²) in [4.78, 5) is 35.3. The number of hydrogen-bond donors (Lipinski definition) is 1. The van der Waals surface area contributed by atoms with Gasteiger partial charge in [0, 0.05) is 12.8 Å². The maximum absolute atomic E-state index is 12.7. The normalized spacial score (nSPS) is 13.4. The Balaban J connectivity index is 3.81. The molecule has 0 saturated carbocycles. The van der Waals surface area contributed by atoms with E-state index in [0.29, 0.717) is 17.4 Å². The number of quaternary nitrogens is 1. The molecule has 2 unspecified atom stereocenters. The van der Waals surface area contributed by atoms with Crippen LogP contribution in [0.5, 0.6) is 0 Å². The minimum absolute atomic E-state index is 0.0358. The van der Waals surface area contributed by atoms with E-state index in [1.165, 1.54) is 218 Å². The lowest BCUT2D eigenvalue weighted by Crippen LogP contribution is -2.37. The second-order valence-corrected chi connectivity index (χ2v) is 22.1. The fourth-order valence-electron chi connectivity index (χ4n) is 8.37. The van der Waals surface area contributed by atoms with Gasteiger partial charge in [0.1, 0.15) is 19.8 Å². The van der Waals surface area contributed by atoms with Crippen molar-refractivity contribution in [1.29, 1.82) is 0 Å². The van der Waals surface area contributed by atoms with Crippen LogP contribution in [-0.2, 0) is 32.7 Å². The van der Waals surface area contributed by atoms with Crippen LogP contribution in [0.15, 0.2) is 12.2 Å². The molecule has 66 heavy (non-hydrogen) atoms. The molecular weight excluding hydrogens is 846 g/mol. The molecule has 0 heterocycles. The van der Waals surface area contributed by atoms with Crippen molar-refractivity contribution < 1.29 is 42.1 Å². The average molecular weight is 957 g/mol. The van der Waals surface area contributed by atoms with Crippen LogP contribution in [0.2, 0.25) is 0 Å². The van der Waals surface area contributed by atoms with Crippen LogP contribution in [0.25, 0.3) is 0 Å². The molecule has 2 atom stereocenters. The fraction of sp³-hybridized carbons (Fsp3) is 0.929. The third-order valence-corrected chi connectivity index (χ3v) is 13.8. The summed E-state index contributed by atoms with van der Waals surface area (Å²) in [5, 5.41) is 0. The molecular formula is C56H111NO8P+. The molecule has 0 rings (SSSR count). The van der Waals surface area contributed by atoms with Crippen molar-refractivity contribution in [2.75, 3.05) is 47.5 Å². The molecule has 0 saturated heterocycles. The lowest BCUT2D eigenvalue weighted by atomic mass is 10.0. The van der Waals surface area contributed by atoms with Gasteiger partial charge in [0.05, 0.1) is 27.7 Å². The van der Waals surface area contributed by atoms with Crippen molar-refractivity contribution in [1.82, 2.24) is 0 Å². The number of rotatable bonds is 53. The highest BCUT2D eigenvalue weighted by molar-refractivity contribution is 7.47. The molecule has 0 amide bonds. The highest BCUT2D eigenvalue weighted by Crippen LogP contribution is 2.43. The molecule has 0 aromatic rings. The van der Waals surface area contributed by atoms with Gasteiger partial charge in [-0.1, -0.05) is 244 Å². The van der Waals surface area contributed by atoms with E-state index in [1.807, 2.05) is 21.1 Å². The number of nitrogens with zero attached hydrogens (tertiary/aromatic N) is 1. The number of carbonyl (C=O) groups excluding carboxylic acids is 2. The van der Waals surface area contributed by atoms with Crippen LogP contribution in [0.1, 0.15) is 284 Å². The number of phosphoric ester groups is 1. The predicted octanol–water partition coefficient (Wildman–Crippen LogP) is 17.3. The van der Waals surface area contributed by atoms with Gasteiger partial charge in [-0.05, 0) is 38.5 Å². The zero-order valence-electron chi connectivity index (χ0n) is 44.5. The number of hydrogen-bond acceptors (Lipinski definition) is 7. The van der Waals surface area contributed by atoms with E-state index in [-0.39, 0.29) is 25.6 Å². The number of allylic oxidation sites excluding steroid dienone is 2. The van der Waals surface area contributed by atoms with Gasteiger partial charge in [-0.3, -0.25) is 18.6 Å². The number of esters is 2. The van der Waals surface area contributed by atoms with Crippen LogP contribution < -0.4 is 0 Å². The zero-order valence-corrected chi connectivity index (χ0v) is 45.4. The monoisotopic (exact) mass is 957 g/mol. The number of ether oxygens (including phenoxy) is 2. The highest BCUT2D eigenvalue weighted by Gasteiger charge is 2.27. The molecule has 0 aliphatic rings. The van der Waals surface area contributed by atoms with Gasteiger partial charge in [0.2, 0.25) is 0 Å². The van der Waals surface area contributed by atoms with E-state index in [9.17, 15) is 19.0 Å². The predicted molar refractivity (Wildman–Crippen MR) is 280 cm³/mol. The van der Waals surface area contributed by atoms with E-state index in [2.05, 4.69) is 26.0 Å². The fourth-order valence-corrected chi connectivity index (χ4v) is 9.11. The number of phosphoric acid groups is 1. The van der Waals surface area contributed by atoms with Crippen LogP contribution in [0.3, 0.4) is 0 Å². The summed E-state index contributed by atoms with van der Waals surface area (Å²) in [6.45, 7) is 4.42. The third-order valence-electron chi connectivity index (χ3n) is 12.8. The molecule has 0 aromatic heterocycles. The molecule has 9 nitrogen and oxygen atoms in total. The van der Waals surface area contributed by atoms with Crippen LogP contribution in [0, 0.1) is 0 Å². The number of unbranched alkanes of at least 4 members (excludes halogenated alkanes) is 37. The largest absolute Gasteiger partial charge is 0.472 e. The molecule has 1 N–H and O–H groups in total. The van der Waals surface area contributed by atoms with E-state index in [4.69, 9.17) is 18.5 Å². The number of likely N-dealkylation sites (N-methyl/N-ethyl adjacent to an activating group) is 1. The summed E-state index contributed by atoms with van der Waals surface area (Å²) < 4.78 is 34.3. The summed E-state index contributed by atoms with van der Waals surface area (Å²) in [5.41, 5.74) is 0. The summed E-state index contributed by atoms with van der Waals surface area (Å²) >= 11 is 0. The topological polar surface area (TPSA) is 108 Å². The zero-order chi connectivity index (χ0) is 48.5. The van der Waals surface area contributed by atoms with Gasteiger partial charge in [-0.25, -0.2) is 4.57 Å². The standard InChI is InChI=1S/C56H110NO8P/c1-6-8-10-12-14-15-16-17-18-19-20-21-22-23-24-25-26-27-28-29-30-31-32-33-34-35-36-37-38-39-40-41-43-45-47-49-56(59)65-54(53-64-66(60,61)63-51-50-57(3,4)5)52-62-55(58)48-46-44-42-13-11-9-7-2/h19-20,54H,6-18,21-53H2,1-5H3/p+1/b20-19-. The Morgan fingerprint density at radius 2 is 0.773 bits per heavy atom. The van der Waals surface area contributed by atoms with Gasteiger partial charge in [-0.15, -0.1) is 0 Å². The summed E-state index contributed by atoms with van der Waals surface area (Å²) in [6, 6.07) is 0. The molecule has 0 aromatic carbocycles. The van der Waals surface area contributed by atoms with E-state index < -0.39 is 26.5 Å². The van der Waals surface area contributed by atoms with Crippen molar-refractivity contribution in [3.63, 3.8) is 0 Å². The summed E-state index contributed by atoms with van der Waals surface area (Å²) in [6.07, 6.45) is 56.3. The minimum Gasteiger partial charge on any atom is -0.462 e. The second-order valence-electron chi connectivity index (χ2n) is 20.7. The van der Waals surface area contributed by atoms with E-state index >= 15 is 0 Å². The van der Waals surface area contributed by atoms with Gasteiger partial charge in [0.15, 0.2) is 6.10 Å². The molecule has 0 radical (unpaired) electrons. The summed E-state index contributed by atoms with van der Waals surface area (Å²) in [5.74, 6) is -0.790. The van der Waals surface area contributed by atoms with Gasteiger partial charge in [0.25, 0.3) is 0 Å². The Morgan fingerprint density at radius 3 is 1.12 bits per heavy atom. The Morgan fingerprint density at radius 1 is 0.455 bits per heavy atom. The Labute approximate surface area is 409 Å². The quantitative estimate of drug-likeness (QED) is 0.0211. The average Bonchev–Trinajstić information content (AvgIpc) is 3.27. The van der Waals surface area contributed by atoms with Gasteiger partial charge < -0.3 is 18.9 Å². The maximum atomic E-state index is 12.7. The lowest BCUT2D eigenvalue weighted by Gasteiger charge is -2.24. The van der Waals surface area contributed by atoms with Crippen LogP contribution in [0.4, 0.5) is 0 Å². The maximum Gasteiger partial charge on any atom is 0.472 e. The molecule has 0 spiro atoms. The second kappa shape index (κ2) is 48.8. The third kappa shape index (κ3) is 52.1. The van der Waals surface area contributed by atoms with Crippen molar-refractivity contribution in [3.8, 4) is 0 Å². The van der Waals surface area contributed by atoms with Crippen LogP contribution >= 0.6 is 7.82 Å². The highest BCUT2D eigenvalue weighted by atomic mass is 31.2. The lowest BCUT2D eigenvalue weighted by molar-refractivity contribution is -0.870. The molecule has 0 bridgehead atoms. The molecule has 0 fully saturated rings. The van der Waals surface area contributed by atoms with E-state index in [0.717, 1.165) is 38.5 Å². The SMILES string of the molecule is CCCCCCCCCC/C=C\CCCCCCCCCCCCCCCCCCCCCCCCCC(=O)OC(COC(=O)CCCCCCCCC)COP(=O)(O)OCC[N+](C)(C)C. The smallest absolute Gasteiger partial charge is 0.462 e. The number of carbonyl (C=O) groups is 2. The molecule has 0 aliphatic carbocycles. The van der Waals surface area contributed by atoms with Gasteiger partial charge in [-0.2, -0.15) is 0 Å². The Bertz CT molecular complexity index is 1130. The first-order chi connectivity index (χ1) is 32.0. The van der Waals surface area contributed by atoms with Gasteiger partial charge >= 0.3 is 19.8 Å². The Kier molecular flexibility index (Phi) is 47.8. The minimum atomic E-state index is -4.37. The first kappa shape index (κ1) is 64.8. The molecule has 0 aliphatic heterocycles. The van der Waals surface area contributed by atoms with E-state index in [1.54, 1.807) is 0 Å². The first-order valence-electron chi connectivity index (χ1n) is 28.4. The van der Waals surface area contributed by atoms with Crippen molar-refractivity contribution in [2.24, 2.45) is 0 Å². The Hall–Kier alpha value is -1.25. The van der Waals surface area contributed by atoms with Crippen molar-refractivity contribution in [2.45, 2.75) is 290 Å². The van der Waals surface area contributed by atoms with Crippen LogP contribution in [-0.4, -0.2) is 74.9 Å². The van der Waals surface area contributed by atoms with Crippen molar-refractivity contribution >= 4 is 19.8 Å². The molecule has 10 heteroatoms. The summed E-state index contributed by atoms with van der Waals surface area (Å²) in [7, 11) is 1.49.